The number of hydrogen-bond donors (Lipinski definition) is 0. The number of benzene rings is 2. The molecule has 4 aromatic rings. The van der Waals surface area contributed by atoms with Crippen molar-refractivity contribution in [1.82, 2.24) is 14.7 Å². The fourth-order valence-electron chi connectivity index (χ4n) is 2.74. The fraction of sp³-hybridized carbons (Fsp3) is 0.100. The summed E-state index contributed by atoms with van der Waals surface area (Å²) < 4.78 is 6.82. The highest BCUT2D eigenvalue weighted by Crippen LogP contribution is 2.25. The Balaban J connectivity index is 1.84. The van der Waals surface area contributed by atoms with Gasteiger partial charge in [0.1, 0.15) is 5.76 Å². The normalized spacial score (nSPS) is 10.8. The summed E-state index contributed by atoms with van der Waals surface area (Å²) in [6, 6.07) is 18.1. The van der Waals surface area contributed by atoms with E-state index in [4.69, 9.17) is 9.78 Å². The topological polar surface area (TPSA) is 84.7 Å². The second kappa shape index (κ2) is 7.09. The molecule has 0 saturated carbocycles. The number of nitrogens with zero attached hydrogens (tertiary/aromatic N) is 4. The van der Waals surface area contributed by atoms with Crippen molar-refractivity contribution in [2.24, 2.45) is 0 Å². The molecule has 0 aliphatic rings. The number of aryl methyl sites for hydroxylation is 1. The molecule has 132 valence electrons. The van der Waals surface area contributed by atoms with Crippen LogP contribution in [0.5, 0.6) is 0 Å². The molecule has 0 radical (unpaired) electrons. The zero-order valence-corrected chi connectivity index (χ0v) is 15.2. The zero-order chi connectivity index (χ0) is 18.8. The zero-order valence-electron chi connectivity index (χ0n) is 14.4. The van der Waals surface area contributed by atoms with Crippen molar-refractivity contribution in [2.75, 3.05) is 0 Å². The average Bonchev–Trinajstić information content (AvgIpc) is 3.12. The van der Waals surface area contributed by atoms with Crippen molar-refractivity contribution in [3.8, 4) is 11.8 Å². The van der Waals surface area contributed by atoms with Crippen LogP contribution in [0.4, 0.5) is 0 Å². The Morgan fingerprint density at radius 2 is 1.96 bits per heavy atom. The molecule has 0 bridgehead atoms. The van der Waals surface area contributed by atoms with Crippen LogP contribution in [0.15, 0.2) is 69.1 Å². The Morgan fingerprint density at radius 3 is 2.67 bits per heavy atom. The first-order chi connectivity index (χ1) is 13.2. The molecule has 7 heteroatoms. The van der Waals surface area contributed by atoms with Crippen LogP contribution in [0.1, 0.15) is 17.0 Å². The third-order valence-corrected chi connectivity index (χ3v) is 4.98. The van der Waals surface area contributed by atoms with Gasteiger partial charge in [-0.2, -0.15) is 5.26 Å². The maximum Gasteiger partial charge on any atom is 0.266 e. The molecule has 0 unspecified atom stereocenters. The molecule has 0 atom stereocenters. The molecule has 0 fully saturated rings. The minimum absolute atomic E-state index is 0.151. The van der Waals surface area contributed by atoms with Crippen molar-refractivity contribution in [1.29, 1.82) is 5.26 Å². The van der Waals surface area contributed by atoms with E-state index in [9.17, 15) is 4.79 Å². The highest BCUT2D eigenvalue weighted by Gasteiger charge is 2.14. The van der Waals surface area contributed by atoms with Crippen molar-refractivity contribution in [2.45, 2.75) is 17.8 Å². The Kier molecular flexibility index (Phi) is 4.48. The van der Waals surface area contributed by atoms with Crippen LogP contribution in [0, 0.1) is 18.3 Å². The standard InChI is InChI=1S/C20H14N4O2S/c1-13-10-16(26-23-13)12-27-20-22-18-5-3-2-4-17(18)19(25)24(20)15-8-6-14(11-21)7-9-15/h2-10H,12H2,1H3. The monoisotopic (exact) mass is 374 g/mol. The third-order valence-electron chi connectivity index (χ3n) is 4.02. The van der Waals surface area contributed by atoms with Gasteiger partial charge in [-0.1, -0.05) is 29.1 Å². The highest BCUT2D eigenvalue weighted by atomic mass is 32.2. The predicted molar refractivity (Wildman–Crippen MR) is 103 cm³/mol. The van der Waals surface area contributed by atoms with Crippen LogP contribution >= 0.6 is 11.8 Å². The molecule has 2 aromatic heterocycles. The van der Waals surface area contributed by atoms with Gasteiger partial charge in [0.15, 0.2) is 5.16 Å². The van der Waals surface area contributed by atoms with Crippen molar-refractivity contribution in [3.63, 3.8) is 0 Å². The summed E-state index contributed by atoms with van der Waals surface area (Å²) in [5, 5.41) is 14.0. The molecule has 0 amide bonds. The lowest BCUT2D eigenvalue weighted by Gasteiger charge is -2.12. The van der Waals surface area contributed by atoms with Crippen LogP contribution in [-0.4, -0.2) is 14.7 Å². The number of fused-ring (bicyclic) bond motifs is 1. The van der Waals surface area contributed by atoms with E-state index in [1.54, 1.807) is 34.9 Å². The molecule has 0 N–H and O–H groups in total. The summed E-state index contributed by atoms with van der Waals surface area (Å²) in [6.45, 7) is 1.86. The van der Waals surface area contributed by atoms with Gasteiger partial charge in [0.2, 0.25) is 0 Å². The molecule has 2 heterocycles. The van der Waals surface area contributed by atoms with Gasteiger partial charge in [-0.15, -0.1) is 0 Å². The molecular weight excluding hydrogens is 360 g/mol. The van der Waals surface area contributed by atoms with Crippen LogP contribution in [0.3, 0.4) is 0 Å². The number of rotatable bonds is 4. The summed E-state index contributed by atoms with van der Waals surface area (Å²) in [4.78, 5) is 17.8. The minimum Gasteiger partial charge on any atom is -0.360 e. The second-order valence-corrected chi connectivity index (χ2v) is 6.88. The van der Waals surface area contributed by atoms with Crippen molar-refractivity contribution in [3.05, 3.63) is 82.0 Å². The summed E-state index contributed by atoms with van der Waals surface area (Å²) in [7, 11) is 0. The van der Waals surface area contributed by atoms with Gasteiger partial charge >= 0.3 is 0 Å². The smallest absolute Gasteiger partial charge is 0.266 e. The van der Waals surface area contributed by atoms with Crippen molar-refractivity contribution < 1.29 is 4.52 Å². The van der Waals surface area contributed by atoms with Crippen LogP contribution < -0.4 is 5.56 Å². The number of hydrogen-bond acceptors (Lipinski definition) is 6. The molecule has 0 aliphatic heterocycles. The van der Waals surface area contributed by atoms with E-state index in [1.165, 1.54) is 11.8 Å². The van der Waals surface area contributed by atoms with Gasteiger partial charge in [-0.3, -0.25) is 9.36 Å². The number of thioether (sulfide) groups is 1. The Hall–Kier alpha value is -3.37. The van der Waals surface area contributed by atoms with Crippen LogP contribution in [0.25, 0.3) is 16.6 Å². The van der Waals surface area contributed by atoms with E-state index in [0.717, 1.165) is 5.69 Å². The third kappa shape index (κ3) is 3.35. The summed E-state index contributed by atoms with van der Waals surface area (Å²) in [5.74, 6) is 1.22. The maximum absolute atomic E-state index is 13.1. The van der Waals surface area contributed by atoms with E-state index in [0.29, 0.717) is 38.8 Å². The van der Waals surface area contributed by atoms with Gasteiger partial charge in [-0.05, 0) is 43.3 Å². The van der Waals surface area contributed by atoms with E-state index in [-0.39, 0.29) is 5.56 Å². The average molecular weight is 374 g/mol. The van der Waals surface area contributed by atoms with Gasteiger partial charge in [0, 0.05) is 6.07 Å². The molecule has 0 spiro atoms. The molecule has 0 saturated heterocycles. The number of para-hydroxylation sites is 1. The van der Waals surface area contributed by atoms with Gasteiger partial charge in [-0.25, -0.2) is 4.98 Å². The molecule has 6 nitrogen and oxygen atoms in total. The van der Waals surface area contributed by atoms with Crippen molar-refractivity contribution >= 4 is 22.7 Å². The van der Waals surface area contributed by atoms with E-state index in [2.05, 4.69) is 16.2 Å². The summed E-state index contributed by atoms with van der Waals surface area (Å²) in [6.07, 6.45) is 0. The quantitative estimate of drug-likeness (QED) is 0.398. The summed E-state index contributed by atoms with van der Waals surface area (Å²) in [5.41, 5.74) is 2.49. The first-order valence-electron chi connectivity index (χ1n) is 8.23. The Morgan fingerprint density at radius 1 is 1.19 bits per heavy atom. The first kappa shape index (κ1) is 17.1. The van der Waals surface area contributed by atoms with E-state index >= 15 is 0 Å². The Bertz CT molecular complexity index is 1220. The van der Waals surface area contributed by atoms with Gasteiger partial charge < -0.3 is 4.52 Å². The van der Waals surface area contributed by atoms with Crippen LogP contribution in [0.2, 0.25) is 0 Å². The lowest BCUT2D eigenvalue weighted by molar-refractivity contribution is 0.391. The molecule has 4 rings (SSSR count). The molecular formula is C20H14N4O2S. The lowest BCUT2D eigenvalue weighted by Crippen LogP contribution is -2.21. The Labute approximate surface area is 159 Å². The van der Waals surface area contributed by atoms with E-state index < -0.39 is 0 Å². The highest BCUT2D eigenvalue weighted by molar-refractivity contribution is 7.98. The number of aromatic nitrogens is 3. The fourth-order valence-corrected chi connectivity index (χ4v) is 3.63. The SMILES string of the molecule is Cc1cc(CSc2nc3ccccc3c(=O)n2-c2ccc(C#N)cc2)on1. The van der Waals surface area contributed by atoms with Gasteiger partial charge in [0.05, 0.1) is 39.7 Å². The largest absolute Gasteiger partial charge is 0.360 e. The predicted octanol–water partition coefficient (Wildman–Crippen LogP) is 3.85. The second-order valence-electron chi connectivity index (χ2n) is 5.93. The first-order valence-corrected chi connectivity index (χ1v) is 9.21. The summed E-state index contributed by atoms with van der Waals surface area (Å²) >= 11 is 1.40. The molecule has 27 heavy (non-hydrogen) atoms. The maximum atomic E-state index is 13.1. The minimum atomic E-state index is -0.151. The van der Waals surface area contributed by atoms with E-state index in [1.807, 2.05) is 31.2 Å². The van der Waals surface area contributed by atoms with Crippen LogP contribution in [-0.2, 0) is 5.75 Å². The van der Waals surface area contributed by atoms with Gasteiger partial charge in [0.25, 0.3) is 5.56 Å². The molecule has 0 aliphatic carbocycles. The lowest BCUT2D eigenvalue weighted by atomic mass is 10.2. The number of nitriles is 1. The molecule has 2 aromatic carbocycles.